The van der Waals surface area contributed by atoms with Crippen LogP contribution in [-0.4, -0.2) is 36.2 Å². The Hall–Kier alpha value is -1.10. The molecular formula is C11H21NO4. The van der Waals surface area contributed by atoms with Crippen LogP contribution in [0.15, 0.2) is 0 Å². The molecule has 3 atom stereocenters. The Kier molecular flexibility index (Phi) is 6.72. The predicted octanol–water partition coefficient (Wildman–Crippen LogP) is 0.884. The number of carboxylic acids is 1. The van der Waals surface area contributed by atoms with Gasteiger partial charge in [0.1, 0.15) is 0 Å². The fraction of sp³-hybridized carbons (Fsp3) is 0.818. The normalized spacial score (nSPS) is 16.2. The number of hydrogen-bond acceptors (Lipinski definition) is 3. The van der Waals surface area contributed by atoms with Gasteiger partial charge in [0.25, 0.3) is 0 Å². The molecule has 1 amide bonds. The summed E-state index contributed by atoms with van der Waals surface area (Å²) in [5.41, 5.74) is 0. The molecule has 0 heterocycles. The highest BCUT2D eigenvalue weighted by Crippen LogP contribution is 2.10. The molecule has 3 unspecified atom stereocenters. The monoisotopic (exact) mass is 231 g/mol. The molecule has 0 aromatic heterocycles. The largest absolute Gasteiger partial charge is 0.481 e. The summed E-state index contributed by atoms with van der Waals surface area (Å²) in [6.45, 7) is 7.88. The third-order valence-corrected chi connectivity index (χ3v) is 2.57. The first-order valence-corrected chi connectivity index (χ1v) is 5.52. The number of ether oxygens (including phenoxy) is 1. The van der Waals surface area contributed by atoms with Crippen LogP contribution < -0.4 is 5.32 Å². The van der Waals surface area contributed by atoms with Crippen molar-refractivity contribution in [3.8, 4) is 0 Å². The fourth-order valence-electron chi connectivity index (χ4n) is 1.19. The molecule has 0 saturated carbocycles. The zero-order chi connectivity index (χ0) is 12.7. The highest BCUT2D eigenvalue weighted by atomic mass is 16.5. The lowest BCUT2D eigenvalue weighted by Crippen LogP contribution is -2.39. The molecule has 0 radical (unpaired) electrons. The standard InChI is InChI=1S/C11H21NO4/c1-5-16-7(2)6-12-10(13)8(3)9(4)11(14)15/h7-9H,5-6H2,1-4H3,(H,12,13)(H,14,15). The van der Waals surface area contributed by atoms with Gasteiger partial charge in [0.05, 0.1) is 12.0 Å². The number of carboxylic acid groups (broad SMARTS) is 1. The Balaban J connectivity index is 4.01. The lowest BCUT2D eigenvalue weighted by atomic mass is 9.95. The molecule has 16 heavy (non-hydrogen) atoms. The summed E-state index contributed by atoms with van der Waals surface area (Å²) >= 11 is 0. The maximum atomic E-state index is 11.6. The Labute approximate surface area is 96.2 Å². The third-order valence-electron chi connectivity index (χ3n) is 2.57. The number of aliphatic carboxylic acids is 1. The summed E-state index contributed by atoms with van der Waals surface area (Å²) in [4.78, 5) is 22.2. The topological polar surface area (TPSA) is 75.6 Å². The van der Waals surface area contributed by atoms with Gasteiger partial charge in [-0.15, -0.1) is 0 Å². The minimum atomic E-state index is -0.958. The minimum Gasteiger partial charge on any atom is -0.481 e. The van der Waals surface area contributed by atoms with E-state index in [-0.39, 0.29) is 12.0 Å². The maximum Gasteiger partial charge on any atom is 0.307 e. The Morgan fingerprint density at radius 2 is 1.81 bits per heavy atom. The molecule has 0 bridgehead atoms. The van der Waals surface area contributed by atoms with Gasteiger partial charge in [-0.25, -0.2) is 0 Å². The second-order valence-corrected chi connectivity index (χ2v) is 3.93. The number of rotatable bonds is 7. The highest BCUT2D eigenvalue weighted by molar-refractivity contribution is 5.84. The van der Waals surface area contributed by atoms with Gasteiger partial charge in [-0.1, -0.05) is 13.8 Å². The molecule has 2 N–H and O–H groups in total. The van der Waals surface area contributed by atoms with E-state index in [1.165, 1.54) is 6.92 Å². The number of hydrogen-bond donors (Lipinski definition) is 2. The van der Waals surface area contributed by atoms with E-state index < -0.39 is 17.8 Å². The van der Waals surface area contributed by atoms with Crippen LogP contribution in [0.5, 0.6) is 0 Å². The van der Waals surface area contributed by atoms with Gasteiger partial charge in [-0.3, -0.25) is 9.59 Å². The fourth-order valence-corrected chi connectivity index (χ4v) is 1.19. The number of nitrogens with one attached hydrogen (secondary N) is 1. The molecule has 0 saturated heterocycles. The van der Waals surface area contributed by atoms with Gasteiger partial charge < -0.3 is 15.2 Å². The van der Waals surface area contributed by atoms with Crippen molar-refractivity contribution in [2.75, 3.05) is 13.2 Å². The molecular weight excluding hydrogens is 210 g/mol. The third kappa shape index (κ3) is 5.11. The lowest BCUT2D eigenvalue weighted by Gasteiger charge is -2.18. The number of amides is 1. The van der Waals surface area contributed by atoms with E-state index in [1.54, 1.807) is 6.92 Å². The molecule has 0 aromatic rings. The highest BCUT2D eigenvalue weighted by Gasteiger charge is 2.25. The van der Waals surface area contributed by atoms with E-state index in [2.05, 4.69) is 5.32 Å². The van der Waals surface area contributed by atoms with Gasteiger partial charge in [-0.05, 0) is 13.8 Å². The van der Waals surface area contributed by atoms with Crippen molar-refractivity contribution in [3.05, 3.63) is 0 Å². The van der Waals surface area contributed by atoms with Crippen molar-refractivity contribution < 1.29 is 19.4 Å². The average Bonchev–Trinajstić information content (AvgIpc) is 2.24. The SMILES string of the molecule is CCOC(C)CNC(=O)C(C)C(C)C(=O)O. The van der Waals surface area contributed by atoms with Crippen LogP contribution in [0.3, 0.4) is 0 Å². The maximum absolute atomic E-state index is 11.6. The van der Waals surface area contributed by atoms with Crippen LogP contribution in [0.4, 0.5) is 0 Å². The first kappa shape index (κ1) is 14.9. The van der Waals surface area contributed by atoms with Crippen LogP contribution >= 0.6 is 0 Å². The van der Waals surface area contributed by atoms with Crippen molar-refractivity contribution in [3.63, 3.8) is 0 Å². The Bertz CT molecular complexity index is 242. The van der Waals surface area contributed by atoms with Crippen molar-refractivity contribution in [1.29, 1.82) is 0 Å². The number of carbonyl (C=O) groups excluding carboxylic acids is 1. The van der Waals surface area contributed by atoms with Gasteiger partial charge in [0.2, 0.25) is 5.91 Å². The zero-order valence-corrected chi connectivity index (χ0v) is 10.3. The summed E-state index contributed by atoms with van der Waals surface area (Å²) in [7, 11) is 0. The van der Waals surface area contributed by atoms with Gasteiger partial charge in [0.15, 0.2) is 0 Å². The van der Waals surface area contributed by atoms with E-state index in [0.29, 0.717) is 13.2 Å². The summed E-state index contributed by atoms with van der Waals surface area (Å²) in [5.74, 6) is -2.42. The van der Waals surface area contributed by atoms with E-state index >= 15 is 0 Å². The summed E-state index contributed by atoms with van der Waals surface area (Å²) in [6, 6.07) is 0. The van der Waals surface area contributed by atoms with Crippen LogP contribution in [0.1, 0.15) is 27.7 Å². The summed E-state index contributed by atoms with van der Waals surface area (Å²) < 4.78 is 5.25. The zero-order valence-electron chi connectivity index (χ0n) is 10.3. The number of carbonyl (C=O) groups is 2. The van der Waals surface area contributed by atoms with E-state index in [4.69, 9.17) is 9.84 Å². The summed E-state index contributed by atoms with van der Waals surface area (Å²) in [6.07, 6.45) is -0.0544. The van der Waals surface area contributed by atoms with Crippen molar-refractivity contribution in [2.24, 2.45) is 11.8 Å². The molecule has 0 aliphatic carbocycles. The second kappa shape index (κ2) is 7.22. The van der Waals surface area contributed by atoms with Gasteiger partial charge in [-0.2, -0.15) is 0 Å². The second-order valence-electron chi connectivity index (χ2n) is 3.93. The lowest BCUT2D eigenvalue weighted by molar-refractivity contribution is -0.146. The average molecular weight is 231 g/mol. The molecule has 0 fully saturated rings. The van der Waals surface area contributed by atoms with Crippen LogP contribution in [0.25, 0.3) is 0 Å². The molecule has 0 spiro atoms. The predicted molar refractivity (Wildman–Crippen MR) is 60.1 cm³/mol. The Morgan fingerprint density at radius 3 is 2.25 bits per heavy atom. The molecule has 0 aliphatic heterocycles. The van der Waals surface area contributed by atoms with Gasteiger partial charge in [0, 0.05) is 19.1 Å². The van der Waals surface area contributed by atoms with Crippen molar-refractivity contribution >= 4 is 11.9 Å². The minimum absolute atomic E-state index is 0.0544. The smallest absolute Gasteiger partial charge is 0.307 e. The summed E-state index contributed by atoms with van der Waals surface area (Å²) in [5, 5.41) is 11.4. The van der Waals surface area contributed by atoms with Crippen LogP contribution in [0, 0.1) is 11.8 Å². The Morgan fingerprint density at radius 1 is 1.25 bits per heavy atom. The van der Waals surface area contributed by atoms with Crippen molar-refractivity contribution in [1.82, 2.24) is 5.32 Å². The quantitative estimate of drug-likeness (QED) is 0.682. The molecule has 5 nitrogen and oxygen atoms in total. The molecule has 0 aliphatic rings. The van der Waals surface area contributed by atoms with E-state index in [0.717, 1.165) is 0 Å². The van der Waals surface area contributed by atoms with E-state index in [1.807, 2.05) is 13.8 Å². The molecule has 0 aromatic carbocycles. The van der Waals surface area contributed by atoms with Crippen LogP contribution in [0.2, 0.25) is 0 Å². The van der Waals surface area contributed by atoms with E-state index in [9.17, 15) is 9.59 Å². The first-order valence-electron chi connectivity index (χ1n) is 5.52. The molecule has 5 heteroatoms. The molecule has 0 rings (SSSR count). The molecule has 94 valence electrons. The first-order chi connectivity index (χ1) is 7.40. The van der Waals surface area contributed by atoms with Crippen molar-refractivity contribution in [2.45, 2.75) is 33.8 Å². The van der Waals surface area contributed by atoms with Crippen LogP contribution in [-0.2, 0) is 14.3 Å². The van der Waals surface area contributed by atoms with Gasteiger partial charge >= 0.3 is 5.97 Å².